The van der Waals surface area contributed by atoms with Gasteiger partial charge in [-0.05, 0) is 53.3 Å². The summed E-state index contributed by atoms with van der Waals surface area (Å²) in [6, 6.07) is 21.3. The van der Waals surface area contributed by atoms with Crippen molar-refractivity contribution in [3.63, 3.8) is 0 Å². The van der Waals surface area contributed by atoms with Crippen LogP contribution in [0, 0.1) is 6.92 Å². The molecule has 0 heterocycles. The first kappa shape index (κ1) is 24.0. The fourth-order valence-electron chi connectivity index (χ4n) is 4.42. The Labute approximate surface area is 204 Å². The summed E-state index contributed by atoms with van der Waals surface area (Å²) in [4.78, 5) is 37.6. The van der Waals surface area contributed by atoms with E-state index < -0.39 is 12.1 Å². The summed E-state index contributed by atoms with van der Waals surface area (Å²) >= 11 is 0. The van der Waals surface area contributed by atoms with Gasteiger partial charge < -0.3 is 14.7 Å². The van der Waals surface area contributed by atoms with E-state index in [1.54, 1.807) is 25.2 Å². The number of aryl methyl sites for hydroxylation is 1. The van der Waals surface area contributed by atoms with Crippen LogP contribution in [0.25, 0.3) is 11.1 Å². The molecule has 0 atom stereocenters. The number of nitrogens with one attached hydrogen (secondary N) is 1. The van der Waals surface area contributed by atoms with E-state index >= 15 is 0 Å². The summed E-state index contributed by atoms with van der Waals surface area (Å²) in [6.45, 7) is 2.36. The second-order valence-corrected chi connectivity index (χ2v) is 8.70. The first-order valence-electron chi connectivity index (χ1n) is 11.5. The lowest BCUT2D eigenvalue weighted by Crippen LogP contribution is -2.28. The number of ether oxygens (including phenoxy) is 1. The van der Waals surface area contributed by atoms with Crippen LogP contribution < -0.4 is 5.32 Å². The molecule has 2 amide bonds. The molecule has 0 radical (unpaired) electrons. The Morgan fingerprint density at radius 2 is 1.60 bits per heavy atom. The number of aliphatic carboxylic acids is 1. The van der Waals surface area contributed by atoms with Crippen molar-refractivity contribution in [1.29, 1.82) is 0 Å². The molecule has 0 bridgehead atoms. The van der Waals surface area contributed by atoms with Gasteiger partial charge >= 0.3 is 12.1 Å². The Hall–Kier alpha value is -4.13. The monoisotopic (exact) mass is 472 g/mol. The van der Waals surface area contributed by atoms with Crippen LogP contribution >= 0.6 is 0 Å². The molecule has 7 heteroatoms. The van der Waals surface area contributed by atoms with E-state index in [0.29, 0.717) is 24.2 Å². The zero-order valence-electron chi connectivity index (χ0n) is 19.8. The van der Waals surface area contributed by atoms with Crippen molar-refractivity contribution in [2.24, 2.45) is 0 Å². The number of rotatable bonds is 8. The molecule has 180 valence electrons. The molecule has 0 unspecified atom stereocenters. The minimum atomic E-state index is -0.893. The van der Waals surface area contributed by atoms with E-state index in [2.05, 4.69) is 29.6 Å². The molecule has 7 nitrogen and oxygen atoms in total. The van der Waals surface area contributed by atoms with Gasteiger partial charge in [-0.2, -0.15) is 0 Å². The van der Waals surface area contributed by atoms with E-state index in [1.807, 2.05) is 31.2 Å². The zero-order chi connectivity index (χ0) is 24.9. The Morgan fingerprint density at radius 1 is 0.971 bits per heavy atom. The second kappa shape index (κ2) is 10.4. The first-order chi connectivity index (χ1) is 16.8. The third kappa shape index (κ3) is 5.35. The van der Waals surface area contributed by atoms with Crippen molar-refractivity contribution in [2.75, 3.05) is 25.5 Å². The number of benzene rings is 3. The maximum atomic E-state index is 12.7. The fourth-order valence-corrected chi connectivity index (χ4v) is 4.42. The summed E-state index contributed by atoms with van der Waals surface area (Å²) in [7, 11) is 1.63. The van der Waals surface area contributed by atoms with Crippen molar-refractivity contribution in [1.82, 2.24) is 4.90 Å². The largest absolute Gasteiger partial charge is 0.481 e. The third-order valence-electron chi connectivity index (χ3n) is 6.30. The van der Waals surface area contributed by atoms with Crippen molar-refractivity contribution in [3.8, 4) is 11.1 Å². The molecule has 0 aromatic heterocycles. The molecule has 3 aromatic rings. The van der Waals surface area contributed by atoms with E-state index in [1.165, 1.54) is 4.90 Å². The van der Waals surface area contributed by atoms with Crippen LogP contribution in [0.3, 0.4) is 0 Å². The van der Waals surface area contributed by atoms with Gasteiger partial charge in [0.05, 0.1) is 0 Å². The SMILES string of the molecule is Cc1ccc(C(=O)N(C)CCCC(=O)O)cc1NC(=O)OCC1c2ccccc2-c2ccccc21. The lowest BCUT2D eigenvalue weighted by Gasteiger charge is -2.18. The van der Waals surface area contributed by atoms with Crippen LogP contribution in [0.2, 0.25) is 0 Å². The summed E-state index contributed by atoms with van der Waals surface area (Å²) < 4.78 is 5.62. The Balaban J connectivity index is 1.41. The number of hydrogen-bond donors (Lipinski definition) is 2. The highest BCUT2D eigenvalue weighted by Gasteiger charge is 2.29. The molecule has 3 aromatic carbocycles. The van der Waals surface area contributed by atoms with Gasteiger partial charge in [0.1, 0.15) is 6.61 Å². The second-order valence-electron chi connectivity index (χ2n) is 8.70. The number of hydrogen-bond acceptors (Lipinski definition) is 4. The van der Waals surface area contributed by atoms with Gasteiger partial charge in [0.15, 0.2) is 0 Å². The number of carboxylic acid groups (broad SMARTS) is 1. The van der Waals surface area contributed by atoms with Gasteiger partial charge in [0.2, 0.25) is 0 Å². The highest BCUT2D eigenvalue weighted by atomic mass is 16.5. The normalized spacial score (nSPS) is 11.9. The lowest BCUT2D eigenvalue weighted by molar-refractivity contribution is -0.137. The van der Waals surface area contributed by atoms with E-state index in [-0.39, 0.29) is 24.9 Å². The third-order valence-corrected chi connectivity index (χ3v) is 6.30. The maximum absolute atomic E-state index is 12.7. The molecule has 2 N–H and O–H groups in total. The average molecular weight is 473 g/mol. The maximum Gasteiger partial charge on any atom is 0.411 e. The van der Waals surface area contributed by atoms with Gasteiger partial charge in [0, 0.05) is 37.2 Å². The van der Waals surface area contributed by atoms with Crippen LogP contribution in [0.5, 0.6) is 0 Å². The number of anilines is 1. The smallest absolute Gasteiger partial charge is 0.411 e. The van der Waals surface area contributed by atoms with Gasteiger partial charge in [0.25, 0.3) is 5.91 Å². The van der Waals surface area contributed by atoms with Gasteiger partial charge in [-0.3, -0.25) is 14.9 Å². The molecule has 1 aliphatic rings. The summed E-state index contributed by atoms with van der Waals surface area (Å²) in [5, 5.41) is 11.6. The molecule has 0 saturated carbocycles. The summed E-state index contributed by atoms with van der Waals surface area (Å²) in [5.41, 5.74) is 6.28. The van der Waals surface area contributed by atoms with Crippen molar-refractivity contribution in [3.05, 3.63) is 89.0 Å². The lowest BCUT2D eigenvalue weighted by atomic mass is 9.98. The number of carbonyl (C=O) groups excluding carboxylic acids is 2. The van der Waals surface area contributed by atoms with Crippen LogP contribution in [-0.4, -0.2) is 48.2 Å². The minimum absolute atomic E-state index is 0.000107. The van der Waals surface area contributed by atoms with Crippen LogP contribution in [-0.2, 0) is 9.53 Å². The van der Waals surface area contributed by atoms with Gasteiger partial charge in [-0.1, -0.05) is 54.6 Å². The summed E-state index contributed by atoms with van der Waals surface area (Å²) in [5.74, 6) is -1.18. The number of nitrogens with zero attached hydrogens (tertiary/aromatic N) is 1. The van der Waals surface area contributed by atoms with Gasteiger partial charge in [-0.25, -0.2) is 4.79 Å². The molecular formula is C28H28N2O5. The van der Waals surface area contributed by atoms with E-state index in [0.717, 1.165) is 27.8 Å². The fraction of sp³-hybridized carbons (Fsp3) is 0.250. The molecule has 0 saturated heterocycles. The van der Waals surface area contributed by atoms with Crippen molar-refractivity contribution < 1.29 is 24.2 Å². The van der Waals surface area contributed by atoms with Crippen LogP contribution in [0.4, 0.5) is 10.5 Å². The molecule has 0 spiro atoms. The van der Waals surface area contributed by atoms with Gasteiger partial charge in [-0.15, -0.1) is 0 Å². The average Bonchev–Trinajstić information content (AvgIpc) is 3.17. The Morgan fingerprint density at radius 3 is 2.23 bits per heavy atom. The highest BCUT2D eigenvalue weighted by Crippen LogP contribution is 2.44. The molecule has 35 heavy (non-hydrogen) atoms. The van der Waals surface area contributed by atoms with E-state index in [4.69, 9.17) is 9.84 Å². The minimum Gasteiger partial charge on any atom is -0.481 e. The highest BCUT2D eigenvalue weighted by molar-refractivity contribution is 5.96. The topological polar surface area (TPSA) is 95.9 Å². The standard InChI is InChI=1S/C28H28N2O5/c1-18-13-14-19(27(33)30(2)15-7-12-26(31)32)16-25(18)29-28(34)35-17-24-22-10-5-3-8-20(22)21-9-4-6-11-23(21)24/h3-6,8-11,13-14,16,24H,7,12,15,17H2,1-2H3,(H,29,34)(H,31,32). The number of carbonyl (C=O) groups is 3. The molecule has 0 fully saturated rings. The van der Waals surface area contributed by atoms with Crippen LogP contribution in [0.15, 0.2) is 66.7 Å². The van der Waals surface area contributed by atoms with Crippen molar-refractivity contribution >= 4 is 23.7 Å². The van der Waals surface area contributed by atoms with Crippen molar-refractivity contribution in [2.45, 2.75) is 25.7 Å². The van der Waals surface area contributed by atoms with E-state index in [9.17, 15) is 14.4 Å². The van der Waals surface area contributed by atoms with Crippen LogP contribution in [0.1, 0.15) is 45.8 Å². The zero-order valence-corrected chi connectivity index (χ0v) is 19.8. The predicted molar refractivity (Wildman–Crippen MR) is 134 cm³/mol. The molecule has 4 rings (SSSR count). The Bertz CT molecular complexity index is 1220. The molecular weight excluding hydrogens is 444 g/mol. The first-order valence-corrected chi connectivity index (χ1v) is 11.5. The quantitative estimate of drug-likeness (QED) is 0.464. The Kier molecular flexibility index (Phi) is 7.15. The molecule has 0 aliphatic heterocycles. The summed E-state index contributed by atoms with van der Waals surface area (Å²) in [6.07, 6.45) is -0.219. The molecule has 1 aliphatic carbocycles. The number of amides is 2. The number of fused-ring (bicyclic) bond motifs is 3. The number of carboxylic acids is 1. The predicted octanol–water partition coefficient (Wildman–Crippen LogP) is 5.29.